The number of fused-ring (bicyclic) bond motifs is 3. The number of hydrazone groups is 1. The summed E-state index contributed by atoms with van der Waals surface area (Å²) in [4.78, 5) is 51.3. The largest absolute Gasteiger partial charge is 0.508 e. The number of hydrogen-bond donors (Lipinski definition) is 7. The van der Waals surface area contributed by atoms with Gasteiger partial charge in [0.05, 0.1) is 15.3 Å². The molecule has 30 heteroatoms. The van der Waals surface area contributed by atoms with Gasteiger partial charge >= 0.3 is 10.0 Å². The SMILES string of the molecule is CCN(CC)c1ccc(/C=C/C2=[N+](C)c3ccc4ccccc4c3C2(C)C)cc1.N/C=N\N.N=CN=Nc1ccc(O)cc1O.O.O=C1C=CC(=NN=c2[n-]cc([N+](=O)[O-])s2)C(O)=C1.O=C1C=CC(=NN=c2[n-]cc([N+](=O)[O-])s2)C(O)=C1.[Co]. The molecule has 3 heterocycles. The molecule has 0 unspecified atom stereocenters. The van der Waals surface area contributed by atoms with Gasteiger partial charge in [-0.2, -0.15) is 9.68 Å². The predicted molar refractivity (Wildman–Crippen MR) is 315 cm³/mol. The van der Waals surface area contributed by atoms with Crippen molar-refractivity contribution in [1.82, 2.24) is 9.97 Å². The second-order valence-corrected chi connectivity index (χ2v) is 18.8. The third-order valence-electron chi connectivity index (χ3n) is 11.3. The van der Waals surface area contributed by atoms with Gasteiger partial charge in [0.25, 0.3) is 0 Å². The number of nitrogens with zero attached hydrogens (tertiary/aromatic N) is 13. The standard InChI is InChI=1S/C27H31N2.2C9H6N4O4S.C7H7N3O2.CH5N3.Co.H2O/c1-6-29(7-2)22-16-12-20(13-17-22)14-19-25-27(3,4)26-23-11-9-8-10-21(23)15-18-24(26)28(25)5;2*14-5-1-2-6(7(15)3-5)11-12-9-10-4-8(18-9)13(16)17;8-4-9-10-6-2-1-5(11)3-7(6)12;2-1-4-3;;/h8-19H,6-7H2,1-5H3;2*1-4H,(H2,10,12,14,15);1-4,8,11-12H;1H,3H2,(H2,2,4);;1H2/q+1;;;;;;/p-2. The van der Waals surface area contributed by atoms with Crippen LogP contribution >= 0.6 is 22.7 Å². The number of phenols is 2. The first-order valence-corrected chi connectivity index (χ1v) is 25.4. The molecule has 0 saturated carbocycles. The Morgan fingerprint density at radius 2 is 1.30 bits per heavy atom. The summed E-state index contributed by atoms with van der Waals surface area (Å²) >= 11 is 1.51. The molecule has 1 aliphatic heterocycles. The van der Waals surface area contributed by atoms with Crippen LogP contribution in [0.25, 0.3) is 16.8 Å². The van der Waals surface area contributed by atoms with Gasteiger partial charge in [0.15, 0.2) is 17.3 Å². The van der Waals surface area contributed by atoms with Gasteiger partial charge in [0.1, 0.15) is 59.9 Å². The predicted octanol–water partition coefficient (Wildman–Crippen LogP) is 7.12. The number of aromatic hydroxyl groups is 2. The number of ketones is 2. The summed E-state index contributed by atoms with van der Waals surface area (Å²) in [7, 11) is 2.19. The number of rotatable bonds is 11. The number of anilines is 1. The van der Waals surface area contributed by atoms with Crippen molar-refractivity contribution in [1.29, 1.82) is 5.41 Å². The summed E-state index contributed by atoms with van der Waals surface area (Å²) < 4.78 is 2.35. The van der Waals surface area contributed by atoms with Crippen LogP contribution in [0.4, 0.5) is 27.1 Å². The second-order valence-electron chi connectivity index (χ2n) is 16.8. The summed E-state index contributed by atoms with van der Waals surface area (Å²) in [5.41, 5.74) is 11.6. The molecule has 0 fully saturated rings. The molecular weight excluding hydrogens is 1160 g/mol. The summed E-state index contributed by atoms with van der Waals surface area (Å²) in [6.45, 7) is 11.2. The first kappa shape index (κ1) is 67.1. The van der Waals surface area contributed by atoms with Crippen molar-refractivity contribution in [3.05, 3.63) is 186 Å². The molecule has 2 aliphatic carbocycles. The van der Waals surface area contributed by atoms with E-state index in [0.717, 1.165) is 79.1 Å². The molecule has 3 aliphatic rings. The Kier molecular flexibility index (Phi) is 26.0. The van der Waals surface area contributed by atoms with E-state index in [9.17, 15) is 40.0 Å². The summed E-state index contributed by atoms with van der Waals surface area (Å²) in [5, 5.41) is 90.7. The van der Waals surface area contributed by atoms with Gasteiger partial charge in [-0.15, -0.1) is 10.2 Å². The Labute approximate surface area is 490 Å². The van der Waals surface area contributed by atoms with Crippen LogP contribution in [0.1, 0.15) is 38.8 Å². The van der Waals surface area contributed by atoms with Crippen LogP contribution in [0, 0.1) is 25.6 Å². The number of benzene rings is 4. The fourth-order valence-corrected chi connectivity index (χ4v) is 8.69. The third-order valence-corrected chi connectivity index (χ3v) is 13.0. The van der Waals surface area contributed by atoms with E-state index in [1.807, 2.05) is 0 Å². The van der Waals surface area contributed by atoms with Gasteiger partial charge in [0, 0.05) is 93.5 Å². The zero-order valence-electron chi connectivity index (χ0n) is 44.7. The number of aliphatic hydroxyl groups excluding tert-OH is 2. The fraction of sp³-hybridized carbons (Fsp3) is 0.151. The Morgan fingerprint density at radius 3 is 1.76 bits per heavy atom. The van der Waals surface area contributed by atoms with E-state index in [0.29, 0.717) is 0 Å². The average molecular weight is 1220 g/mol. The summed E-state index contributed by atoms with van der Waals surface area (Å²) in [6, 6.07) is 26.0. The van der Waals surface area contributed by atoms with Crippen LogP contribution in [0.3, 0.4) is 0 Å². The number of thiazole rings is 2. The van der Waals surface area contributed by atoms with Gasteiger partial charge in [-0.25, -0.2) is 0 Å². The number of nitrogens with two attached hydrogens (primary N) is 2. The molecule has 1 radical (unpaired) electrons. The number of nitrogens with one attached hydrogen (secondary N) is 1. The van der Waals surface area contributed by atoms with Crippen LogP contribution in [0.2, 0.25) is 0 Å². The van der Waals surface area contributed by atoms with Gasteiger partial charge in [0.2, 0.25) is 5.69 Å². The molecule has 4 aromatic carbocycles. The molecule has 0 amide bonds. The summed E-state index contributed by atoms with van der Waals surface area (Å²) in [6.07, 6.45) is 15.5. The van der Waals surface area contributed by atoms with E-state index in [2.05, 4.69) is 174 Å². The molecule has 9 rings (SSSR count). The number of phenolic OH excluding ortho intramolecular Hbond substituents is 2. The van der Waals surface area contributed by atoms with E-state index in [1.54, 1.807) is 0 Å². The molecule has 2 aromatic heterocycles. The molecule has 11 N–H and O–H groups in total. The Bertz CT molecular complexity index is 3670. The van der Waals surface area contributed by atoms with E-state index in [-0.39, 0.29) is 99.0 Å². The molecule has 83 heavy (non-hydrogen) atoms. The minimum atomic E-state index is -0.583. The minimum absolute atomic E-state index is 0. The van der Waals surface area contributed by atoms with Gasteiger partial charge in [-0.3, -0.25) is 45.4 Å². The fourth-order valence-electron chi connectivity index (χ4n) is 7.58. The van der Waals surface area contributed by atoms with Gasteiger partial charge in [-0.05, 0) is 105 Å². The van der Waals surface area contributed by atoms with Crippen molar-refractivity contribution in [3.8, 4) is 11.5 Å². The number of aromatic nitrogens is 2. The quantitative estimate of drug-likeness (QED) is 0.00992. The van der Waals surface area contributed by atoms with Crippen LogP contribution in [-0.4, -0.2) is 102 Å². The van der Waals surface area contributed by atoms with Crippen LogP contribution < -0.4 is 36.0 Å². The molecular formula is C53H55CoN16O11S2-. The first-order valence-electron chi connectivity index (χ1n) is 23.8. The minimum Gasteiger partial charge on any atom is -0.508 e. The number of allylic oxidation sites excluding steroid dienone is 7. The van der Waals surface area contributed by atoms with Gasteiger partial charge < -0.3 is 62.5 Å². The molecule has 0 spiro atoms. The smallest absolute Gasteiger partial charge is 0.319 e. The normalized spacial score (nSPS) is 15.2. The average Bonchev–Trinajstić information content (AvgIpc) is 3.16. The molecule has 6 aromatic rings. The monoisotopic (exact) mass is 1210 g/mol. The van der Waals surface area contributed by atoms with Crippen LogP contribution in [-0.2, 0) is 31.8 Å². The molecule has 0 atom stereocenters. The molecule has 0 saturated heterocycles. The van der Waals surface area contributed by atoms with Crippen molar-refractivity contribution in [2.45, 2.75) is 33.1 Å². The molecule has 435 valence electrons. The number of aliphatic hydroxyl groups is 2. The van der Waals surface area contributed by atoms with Crippen molar-refractivity contribution >= 4 is 108 Å². The summed E-state index contributed by atoms with van der Waals surface area (Å²) in [5.74, 6) is 2.95. The number of nitro groups is 2. The maximum atomic E-state index is 10.9. The molecule has 0 bridgehead atoms. The second kappa shape index (κ2) is 32.2. The van der Waals surface area contributed by atoms with Crippen molar-refractivity contribution in [2.75, 3.05) is 25.0 Å². The number of carbonyl (C=O) groups is 2. The van der Waals surface area contributed by atoms with Crippen LogP contribution in [0.5, 0.6) is 11.5 Å². The zero-order valence-corrected chi connectivity index (χ0v) is 47.4. The van der Waals surface area contributed by atoms with E-state index < -0.39 is 9.85 Å². The number of carbonyl (C=O) groups excluding carboxylic acids is 2. The molecule has 27 nitrogen and oxygen atoms in total. The van der Waals surface area contributed by atoms with Gasteiger partial charge in [-0.1, -0.05) is 59.1 Å². The topological polar surface area (TPSA) is 430 Å². The van der Waals surface area contributed by atoms with Crippen molar-refractivity contribution in [2.24, 2.45) is 47.3 Å². The first-order chi connectivity index (χ1) is 38.7. The van der Waals surface area contributed by atoms with Crippen molar-refractivity contribution in [3.63, 3.8) is 0 Å². The Hall–Kier alpha value is -10.1. The Morgan fingerprint density at radius 1 is 0.771 bits per heavy atom. The maximum absolute atomic E-state index is 10.9. The number of hydrogen-bond acceptors (Lipinski definition) is 21. The third kappa shape index (κ3) is 18.7. The zero-order chi connectivity index (χ0) is 59.2. The van der Waals surface area contributed by atoms with E-state index in [1.165, 1.54) is 75.4 Å². The Balaban J connectivity index is 0.000000294. The van der Waals surface area contributed by atoms with E-state index in [4.69, 9.17) is 15.6 Å². The van der Waals surface area contributed by atoms with E-state index >= 15 is 0 Å². The van der Waals surface area contributed by atoms with Crippen molar-refractivity contribution < 1.29 is 66.7 Å². The maximum Gasteiger partial charge on any atom is 0.319 e. The number of azo groups is 1. The van der Waals surface area contributed by atoms with Crippen LogP contribution in [0.15, 0.2) is 181 Å².